The Bertz CT molecular complexity index is 2600. The molecule has 0 bridgehead atoms. The number of Topliss-reactive ketones (excluding diaryl/α,β-unsaturated/α-hetero) is 1. The number of nitrogens with zero attached hydrogens (tertiary/aromatic N) is 5. The maximum absolute atomic E-state index is 13.9. The molecule has 0 aromatic heterocycles. The van der Waals surface area contributed by atoms with E-state index in [9.17, 15) is 14.4 Å². The van der Waals surface area contributed by atoms with E-state index in [0.717, 1.165) is 51.3 Å². The highest BCUT2D eigenvalue weighted by atomic mass is 16.5. The number of hydrogen-bond donors (Lipinski definition) is 0. The zero-order chi connectivity index (χ0) is 40.9. The van der Waals surface area contributed by atoms with E-state index in [-0.39, 0.29) is 55.4 Å². The number of carbonyl (C=O) groups is 3. The number of anilines is 3. The number of methoxy groups -OCH3 is 1. The maximum Gasteiger partial charge on any atom is 0.261 e. The molecule has 298 valence electrons. The molecule has 4 heterocycles. The Morgan fingerprint density at radius 1 is 0.729 bits per heavy atom. The Labute approximate surface area is 343 Å². The Morgan fingerprint density at radius 3 is 1.81 bits per heavy atom. The summed E-state index contributed by atoms with van der Waals surface area (Å²) in [6.45, 7) is 6.35. The molecule has 4 aliphatic rings. The van der Waals surface area contributed by atoms with Gasteiger partial charge in [-0.05, 0) is 77.2 Å². The van der Waals surface area contributed by atoms with Gasteiger partial charge in [-0.2, -0.15) is 0 Å². The van der Waals surface area contributed by atoms with Crippen LogP contribution in [-0.4, -0.2) is 62.8 Å². The van der Waals surface area contributed by atoms with Crippen molar-refractivity contribution in [3.8, 4) is 17.2 Å². The number of benzene rings is 5. The molecule has 2 atom stereocenters. The average Bonchev–Trinajstić information content (AvgIpc) is 3.73. The van der Waals surface area contributed by atoms with Crippen LogP contribution in [0, 0.1) is 12.8 Å². The topological polar surface area (TPSA) is 113 Å². The average molecular weight is 788 g/mol. The zero-order valence-electron chi connectivity index (χ0n) is 33.8. The van der Waals surface area contributed by atoms with Crippen LogP contribution in [0.4, 0.5) is 28.4 Å². The summed E-state index contributed by atoms with van der Waals surface area (Å²) in [5.41, 5.74) is 9.50. The molecule has 0 N–H and O–H groups in total. The Balaban J connectivity index is 0.972. The van der Waals surface area contributed by atoms with Crippen molar-refractivity contribution in [1.29, 1.82) is 0 Å². The van der Waals surface area contributed by atoms with Crippen LogP contribution in [0.25, 0.3) is 0 Å². The number of rotatable bonds is 11. The fraction of sp³-hybridized carbons (Fsp3) is 0.271. The molecular formula is C48H45N5O6. The lowest BCUT2D eigenvalue weighted by Crippen LogP contribution is -2.37. The number of aliphatic imine (C=N–C) groups is 2. The van der Waals surface area contributed by atoms with Gasteiger partial charge in [0.1, 0.15) is 19.0 Å². The summed E-state index contributed by atoms with van der Waals surface area (Å²) in [4.78, 5) is 55.8. The quantitative estimate of drug-likeness (QED) is 0.132. The van der Waals surface area contributed by atoms with Crippen molar-refractivity contribution in [2.24, 2.45) is 15.9 Å². The largest absolute Gasteiger partial charge is 0.493 e. The molecule has 5 aromatic rings. The highest BCUT2D eigenvalue weighted by molar-refractivity contribution is 6.15. The summed E-state index contributed by atoms with van der Waals surface area (Å²) in [6.07, 6.45) is 5.12. The van der Waals surface area contributed by atoms with Gasteiger partial charge in [-0.3, -0.25) is 34.2 Å². The normalized spacial score (nSPS) is 17.1. The highest BCUT2D eigenvalue weighted by Crippen LogP contribution is 2.42. The summed E-state index contributed by atoms with van der Waals surface area (Å²) in [6, 6.07) is 28.8. The third-order valence-electron chi connectivity index (χ3n) is 11.6. The minimum absolute atomic E-state index is 0.0750. The van der Waals surface area contributed by atoms with Crippen LogP contribution in [0.1, 0.15) is 62.4 Å². The Kier molecular flexibility index (Phi) is 9.74. The number of likely N-dealkylation sites (N-methyl/N-ethyl adjacent to an activating group) is 1. The fourth-order valence-electron chi connectivity index (χ4n) is 8.35. The number of hydrogen-bond acceptors (Lipinski definition) is 9. The molecule has 11 nitrogen and oxygen atoms in total. The lowest BCUT2D eigenvalue weighted by Gasteiger charge is -2.23. The predicted octanol–water partition coefficient (Wildman–Crippen LogP) is 8.40. The van der Waals surface area contributed by atoms with Crippen molar-refractivity contribution < 1.29 is 28.6 Å². The van der Waals surface area contributed by atoms with E-state index in [0.29, 0.717) is 46.2 Å². The summed E-state index contributed by atoms with van der Waals surface area (Å²) < 4.78 is 18.7. The lowest BCUT2D eigenvalue weighted by atomic mass is 10.1. The van der Waals surface area contributed by atoms with Crippen LogP contribution in [-0.2, 0) is 30.8 Å². The van der Waals surface area contributed by atoms with Crippen molar-refractivity contribution >= 4 is 58.5 Å². The van der Waals surface area contributed by atoms with E-state index in [1.54, 1.807) is 19.2 Å². The number of ketones is 1. The standard InChI is InChI=1S/C48H45N5O6/c1-28(2)43(54)25-51(4)34-16-30(26-58-44-21-39-37(14-29(44)3)47(55)52-35(23-49-39)18-32-10-6-8-12-41(32)52)15-31(17-34)27-59-46-22-40-38(20-45(46)57-5)48(56)53-36(24-50-40)19-33-11-7-9-13-42(33)53/h6-17,20-24,28,35-36H,18-19,25-27H2,1-5H3/t35-,36-/m0/s1. The first-order valence-corrected chi connectivity index (χ1v) is 20.0. The van der Waals surface area contributed by atoms with Crippen molar-refractivity contribution in [3.05, 3.63) is 130 Å². The second-order valence-electron chi connectivity index (χ2n) is 15.9. The molecule has 0 spiro atoms. The third-order valence-corrected chi connectivity index (χ3v) is 11.6. The molecule has 11 heteroatoms. The smallest absolute Gasteiger partial charge is 0.261 e. The molecular weight excluding hydrogens is 743 g/mol. The van der Waals surface area contributed by atoms with Crippen LogP contribution in [0.5, 0.6) is 17.2 Å². The summed E-state index contributed by atoms with van der Waals surface area (Å²) in [5, 5.41) is 0. The van der Waals surface area contributed by atoms with Crippen molar-refractivity contribution in [2.45, 2.75) is 58.9 Å². The summed E-state index contributed by atoms with van der Waals surface area (Å²) in [7, 11) is 3.45. The van der Waals surface area contributed by atoms with Crippen molar-refractivity contribution in [2.75, 3.05) is 35.4 Å². The molecule has 0 aliphatic carbocycles. The molecule has 2 amide bonds. The predicted molar refractivity (Wildman–Crippen MR) is 230 cm³/mol. The fourth-order valence-corrected chi connectivity index (χ4v) is 8.35. The summed E-state index contributed by atoms with van der Waals surface area (Å²) >= 11 is 0. The molecule has 5 aromatic carbocycles. The van der Waals surface area contributed by atoms with E-state index < -0.39 is 0 Å². The second kappa shape index (κ2) is 15.2. The molecule has 0 unspecified atom stereocenters. The van der Waals surface area contributed by atoms with E-state index in [1.807, 2.05) is 128 Å². The molecule has 0 saturated heterocycles. The van der Waals surface area contributed by atoms with Crippen LogP contribution in [0.3, 0.4) is 0 Å². The first kappa shape index (κ1) is 37.8. The van der Waals surface area contributed by atoms with Gasteiger partial charge in [-0.1, -0.05) is 50.2 Å². The van der Waals surface area contributed by atoms with Crippen LogP contribution in [0.15, 0.2) is 101 Å². The molecule has 59 heavy (non-hydrogen) atoms. The van der Waals surface area contributed by atoms with Crippen LogP contribution < -0.4 is 28.9 Å². The minimum atomic E-state index is -0.175. The second-order valence-corrected chi connectivity index (χ2v) is 15.9. The van der Waals surface area contributed by atoms with E-state index in [1.165, 1.54) is 0 Å². The van der Waals surface area contributed by atoms with Gasteiger partial charge in [0, 0.05) is 67.4 Å². The van der Waals surface area contributed by atoms with Gasteiger partial charge in [0.25, 0.3) is 11.8 Å². The third kappa shape index (κ3) is 7.00. The number of ether oxygens (including phenoxy) is 3. The first-order valence-electron chi connectivity index (χ1n) is 20.0. The van der Waals surface area contributed by atoms with E-state index in [4.69, 9.17) is 24.2 Å². The minimum Gasteiger partial charge on any atom is -0.493 e. The number of carbonyl (C=O) groups excluding carboxylic acids is 3. The van der Waals surface area contributed by atoms with Gasteiger partial charge in [0.15, 0.2) is 17.3 Å². The van der Waals surface area contributed by atoms with Gasteiger partial charge in [-0.15, -0.1) is 0 Å². The highest BCUT2D eigenvalue weighted by Gasteiger charge is 2.38. The number of aryl methyl sites for hydroxylation is 1. The van der Waals surface area contributed by atoms with Gasteiger partial charge in [-0.25, -0.2) is 0 Å². The molecule has 4 aliphatic heterocycles. The maximum atomic E-state index is 13.9. The molecule has 0 radical (unpaired) electrons. The lowest BCUT2D eigenvalue weighted by molar-refractivity contribution is -0.120. The first-order chi connectivity index (χ1) is 28.6. The molecule has 0 saturated carbocycles. The number of para-hydroxylation sites is 2. The SMILES string of the molecule is COc1cc2c(cc1OCc1cc(COc3cc4c(cc3C)C(=O)N3c5ccccc5C[C@H]3C=N4)cc(N(C)CC(=O)C(C)C)c1)N=C[C@@H]1Cc3ccccc3N1C2=O. The summed E-state index contributed by atoms with van der Waals surface area (Å²) in [5.74, 6) is 1.30. The number of amides is 2. The van der Waals surface area contributed by atoms with E-state index in [2.05, 4.69) is 6.07 Å². The Hall–Kier alpha value is -6.75. The monoisotopic (exact) mass is 787 g/mol. The van der Waals surface area contributed by atoms with E-state index >= 15 is 0 Å². The molecule has 9 rings (SSSR count). The van der Waals surface area contributed by atoms with Gasteiger partial charge >= 0.3 is 0 Å². The van der Waals surface area contributed by atoms with Crippen LogP contribution in [0.2, 0.25) is 0 Å². The van der Waals surface area contributed by atoms with Gasteiger partial charge in [0.2, 0.25) is 0 Å². The Morgan fingerprint density at radius 2 is 1.25 bits per heavy atom. The van der Waals surface area contributed by atoms with Crippen LogP contribution >= 0.6 is 0 Å². The van der Waals surface area contributed by atoms with Crippen molar-refractivity contribution in [3.63, 3.8) is 0 Å². The van der Waals surface area contributed by atoms with Crippen molar-refractivity contribution in [1.82, 2.24) is 0 Å². The van der Waals surface area contributed by atoms with Gasteiger partial charge in [0.05, 0.1) is 48.2 Å². The van der Waals surface area contributed by atoms with Gasteiger partial charge < -0.3 is 19.1 Å². The zero-order valence-corrected chi connectivity index (χ0v) is 33.8. The number of fused-ring (bicyclic) bond motifs is 8. The molecule has 0 fully saturated rings.